The first-order valence-electron chi connectivity index (χ1n) is 9.99. The molecule has 0 spiro atoms. The minimum Gasteiger partial charge on any atom is -0.478 e. The second kappa shape index (κ2) is 8.94. The molecule has 0 radical (unpaired) electrons. The molecule has 0 amide bonds. The molecule has 3 rings (SSSR count). The Hall–Kier alpha value is -3.49. The first-order valence-corrected chi connectivity index (χ1v) is 9.99. The molecule has 1 heterocycles. The molecule has 0 saturated heterocycles. The van der Waals surface area contributed by atoms with Crippen molar-refractivity contribution in [2.24, 2.45) is 0 Å². The van der Waals surface area contributed by atoms with Crippen LogP contribution < -0.4 is 0 Å². The molecular weight excluding hydrogens is 412 g/mol. The third-order valence-corrected chi connectivity index (χ3v) is 5.17. The summed E-state index contributed by atoms with van der Waals surface area (Å²) in [7, 11) is 2.79. The summed E-state index contributed by atoms with van der Waals surface area (Å²) < 4.78 is 12.0. The third-order valence-electron chi connectivity index (χ3n) is 5.17. The number of hydrogen-bond donors (Lipinski definition) is 2. The number of carboxylic acids is 1. The Bertz CT molecular complexity index is 1140. The molecule has 0 aliphatic carbocycles. The Morgan fingerprint density at radius 3 is 2.22 bits per heavy atom. The number of carbonyl (C=O) groups excluding carboxylic acids is 1. The van der Waals surface area contributed by atoms with Crippen LogP contribution in [0.25, 0.3) is 16.8 Å². The molecular formula is C24H26N2O6. The molecule has 0 fully saturated rings. The van der Waals surface area contributed by atoms with Gasteiger partial charge >= 0.3 is 11.9 Å². The lowest BCUT2D eigenvalue weighted by molar-refractivity contribution is 0.0535. The number of carboxylic acid groups (broad SMARTS) is 1. The van der Waals surface area contributed by atoms with Gasteiger partial charge in [-0.15, -0.1) is 0 Å². The summed E-state index contributed by atoms with van der Waals surface area (Å²) in [5, 5.41) is 20.1. The predicted molar refractivity (Wildman–Crippen MR) is 118 cm³/mol. The lowest BCUT2D eigenvalue weighted by atomic mass is 9.99. The number of aromatic carboxylic acids is 1. The number of aliphatic hydroxyl groups is 1. The van der Waals surface area contributed by atoms with Gasteiger partial charge in [-0.25, -0.2) is 14.6 Å². The predicted octanol–water partition coefficient (Wildman–Crippen LogP) is 3.96. The number of esters is 1. The molecule has 0 bridgehead atoms. The van der Waals surface area contributed by atoms with Crippen LogP contribution in [0.2, 0.25) is 0 Å². The lowest BCUT2D eigenvalue weighted by Crippen LogP contribution is -2.22. The molecule has 0 saturated carbocycles. The van der Waals surface area contributed by atoms with Gasteiger partial charge in [-0.05, 0) is 50.1 Å². The number of methoxy groups -OCH3 is 2. The standard InChI is InChI=1S/C24H26N2O6/c1-14(31-4)21-25-20(24(2,3)30)19(23(29)32-5)26(21)16-12-10-15(11-13-16)17-8-6-7-9-18(17)22(27)28/h6-14,30H,1-5H3,(H,27,28). The molecule has 1 aromatic heterocycles. The van der Waals surface area contributed by atoms with E-state index in [9.17, 15) is 19.8 Å². The second-order valence-electron chi connectivity index (χ2n) is 7.83. The fourth-order valence-electron chi connectivity index (χ4n) is 3.50. The van der Waals surface area contributed by atoms with Crippen LogP contribution in [-0.4, -0.2) is 45.9 Å². The molecule has 1 unspecified atom stereocenters. The maximum absolute atomic E-state index is 12.7. The molecule has 32 heavy (non-hydrogen) atoms. The van der Waals surface area contributed by atoms with Crippen LogP contribution in [-0.2, 0) is 15.1 Å². The van der Waals surface area contributed by atoms with Crippen molar-refractivity contribution in [3.05, 3.63) is 71.3 Å². The maximum atomic E-state index is 12.7. The smallest absolute Gasteiger partial charge is 0.357 e. The minimum atomic E-state index is -1.41. The highest BCUT2D eigenvalue weighted by molar-refractivity contribution is 5.96. The summed E-state index contributed by atoms with van der Waals surface area (Å²) in [5.74, 6) is -1.24. The van der Waals surface area contributed by atoms with Gasteiger partial charge in [-0.2, -0.15) is 0 Å². The maximum Gasteiger partial charge on any atom is 0.357 e. The average molecular weight is 438 g/mol. The average Bonchev–Trinajstić information content (AvgIpc) is 3.19. The first kappa shape index (κ1) is 23.2. The Labute approximate surface area is 186 Å². The largest absolute Gasteiger partial charge is 0.478 e. The zero-order chi connectivity index (χ0) is 23.6. The van der Waals surface area contributed by atoms with E-state index in [0.717, 1.165) is 0 Å². The van der Waals surface area contributed by atoms with Crippen molar-refractivity contribution in [2.75, 3.05) is 14.2 Å². The van der Waals surface area contributed by atoms with Gasteiger partial charge in [0.2, 0.25) is 0 Å². The van der Waals surface area contributed by atoms with Crippen LogP contribution >= 0.6 is 0 Å². The molecule has 0 aliphatic heterocycles. The normalized spacial score (nSPS) is 12.4. The minimum absolute atomic E-state index is 0.0950. The van der Waals surface area contributed by atoms with E-state index in [0.29, 0.717) is 22.6 Å². The topological polar surface area (TPSA) is 111 Å². The van der Waals surface area contributed by atoms with E-state index in [-0.39, 0.29) is 17.0 Å². The number of nitrogens with zero attached hydrogens (tertiary/aromatic N) is 2. The fourth-order valence-corrected chi connectivity index (χ4v) is 3.50. The van der Waals surface area contributed by atoms with E-state index >= 15 is 0 Å². The summed E-state index contributed by atoms with van der Waals surface area (Å²) >= 11 is 0. The zero-order valence-electron chi connectivity index (χ0n) is 18.6. The van der Waals surface area contributed by atoms with E-state index in [4.69, 9.17) is 9.47 Å². The van der Waals surface area contributed by atoms with Gasteiger partial charge in [-0.3, -0.25) is 4.57 Å². The van der Waals surface area contributed by atoms with Gasteiger partial charge in [0, 0.05) is 12.8 Å². The van der Waals surface area contributed by atoms with Gasteiger partial charge in [0.15, 0.2) is 5.69 Å². The molecule has 0 aliphatic rings. The van der Waals surface area contributed by atoms with Crippen molar-refractivity contribution in [3.8, 4) is 16.8 Å². The highest BCUT2D eigenvalue weighted by atomic mass is 16.5. The van der Waals surface area contributed by atoms with Crippen LogP contribution in [0.3, 0.4) is 0 Å². The third kappa shape index (κ3) is 4.28. The quantitative estimate of drug-likeness (QED) is 0.537. The van der Waals surface area contributed by atoms with Crippen molar-refractivity contribution in [2.45, 2.75) is 32.5 Å². The van der Waals surface area contributed by atoms with E-state index in [2.05, 4.69) is 4.98 Å². The van der Waals surface area contributed by atoms with Gasteiger partial charge < -0.3 is 19.7 Å². The van der Waals surface area contributed by atoms with Crippen molar-refractivity contribution in [3.63, 3.8) is 0 Å². The Kier molecular flexibility index (Phi) is 6.47. The Morgan fingerprint density at radius 1 is 1.06 bits per heavy atom. The number of carbonyl (C=O) groups is 2. The first-order chi connectivity index (χ1) is 15.1. The Balaban J connectivity index is 2.22. The number of benzene rings is 2. The summed E-state index contributed by atoms with van der Waals surface area (Å²) in [6.07, 6.45) is -0.484. The van der Waals surface area contributed by atoms with Crippen LogP contribution in [0.1, 0.15) is 59.2 Å². The Morgan fingerprint density at radius 2 is 1.69 bits per heavy atom. The number of ether oxygens (including phenoxy) is 2. The van der Waals surface area contributed by atoms with Crippen LogP contribution in [0, 0.1) is 0 Å². The van der Waals surface area contributed by atoms with Crippen LogP contribution in [0.4, 0.5) is 0 Å². The van der Waals surface area contributed by atoms with Crippen molar-refractivity contribution < 1.29 is 29.3 Å². The van der Waals surface area contributed by atoms with Crippen molar-refractivity contribution in [1.29, 1.82) is 0 Å². The van der Waals surface area contributed by atoms with E-state index in [1.807, 2.05) is 0 Å². The second-order valence-corrected chi connectivity index (χ2v) is 7.83. The van der Waals surface area contributed by atoms with Crippen molar-refractivity contribution >= 4 is 11.9 Å². The summed E-state index contributed by atoms with van der Waals surface area (Å²) in [6.45, 7) is 4.87. The van der Waals surface area contributed by atoms with Gasteiger partial charge in [0.1, 0.15) is 23.2 Å². The number of aromatic nitrogens is 2. The van der Waals surface area contributed by atoms with E-state index in [1.54, 1.807) is 73.9 Å². The van der Waals surface area contributed by atoms with Gasteiger partial charge in [0.05, 0.1) is 12.7 Å². The molecule has 2 N–H and O–H groups in total. The van der Waals surface area contributed by atoms with Gasteiger partial charge in [-0.1, -0.05) is 30.3 Å². The monoisotopic (exact) mass is 438 g/mol. The summed E-state index contributed by atoms with van der Waals surface area (Å²) in [5.41, 5.74) is 0.918. The number of imidazole rings is 1. The van der Waals surface area contributed by atoms with Crippen LogP contribution in [0.5, 0.6) is 0 Å². The summed E-state index contributed by atoms with van der Waals surface area (Å²) in [6, 6.07) is 13.8. The highest BCUT2D eigenvalue weighted by Crippen LogP contribution is 2.32. The number of hydrogen-bond acceptors (Lipinski definition) is 6. The highest BCUT2D eigenvalue weighted by Gasteiger charge is 2.34. The lowest BCUT2D eigenvalue weighted by Gasteiger charge is -2.17. The fraction of sp³-hybridized carbons (Fsp3) is 0.292. The molecule has 168 valence electrons. The SMILES string of the molecule is COC(=O)c1c(C(C)(C)O)nc(C(C)OC)n1-c1ccc(-c2ccccc2C(=O)O)cc1. The van der Waals surface area contributed by atoms with E-state index < -0.39 is 23.6 Å². The van der Waals surface area contributed by atoms with E-state index in [1.165, 1.54) is 14.2 Å². The van der Waals surface area contributed by atoms with Crippen LogP contribution in [0.15, 0.2) is 48.5 Å². The molecule has 8 nitrogen and oxygen atoms in total. The molecule has 3 aromatic rings. The number of rotatable bonds is 7. The molecule has 1 atom stereocenters. The van der Waals surface area contributed by atoms with Gasteiger partial charge in [0.25, 0.3) is 0 Å². The van der Waals surface area contributed by atoms with Crippen molar-refractivity contribution in [1.82, 2.24) is 9.55 Å². The molecule has 8 heteroatoms. The zero-order valence-corrected chi connectivity index (χ0v) is 18.6. The summed E-state index contributed by atoms with van der Waals surface area (Å²) in [4.78, 5) is 28.8. The molecule has 2 aromatic carbocycles.